The Bertz CT molecular complexity index is 683. The van der Waals surface area contributed by atoms with E-state index in [2.05, 4.69) is 25.2 Å². The molecular weight excluding hydrogens is 280 g/mol. The van der Waals surface area contributed by atoms with Gasteiger partial charge >= 0.3 is 0 Å². The van der Waals surface area contributed by atoms with Gasteiger partial charge in [0.2, 0.25) is 10.0 Å². The number of anilines is 2. The number of nitrogen functional groups attached to an aromatic ring is 1. The molecule has 20 heavy (non-hydrogen) atoms. The number of sulfonamides is 1. The molecule has 0 amide bonds. The molecule has 0 fully saturated rings. The van der Waals surface area contributed by atoms with Crippen molar-refractivity contribution < 1.29 is 8.42 Å². The average molecular weight is 296 g/mol. The molecule has 1 heterocycles. The van der Waals surface area contributed by atoms with Crippen LogP contribution in [-0.4, -0.2) is 30.6 Å². The zero-order chi connectivity index (χ0) is 14.8. The number of aromatic amines is 1. The zero-order valence-electron chi connectivity index (χ0n) is 11.1. The summed E-state index contributed by atoms with van der Waals surface area (Å²) in [5.41, 5.74) is 6.65. The molecule has 0 saturated carbocycles. The highest BCUT2D eigenvalue weighted by Gasteiger charge is 2.16. The van der Waals surface area contributed by atoms with E-state index in [9.17, 15) is 8.42 Å². The normalized spacial score (nSPS) is 13.1. The van der Waals surface area contributed by atoms with Crippen LogP contribution in [0.2, 0.25) is 0 Å². The maximum Gasteiger partial charge on any atom is 0.242 e. The van der Waals surface area contributed by atoms with E-state index in [1.54, 1.807) is 12.1 Å². The molecule has 0 aliphatic heterocycles. The van der Waals surface area contributed by atoms with Gasteiger partial charge in [0, 0.05) is 5.69 Å². The third-order valence-electron chi connectivity index (χ3n) is 2.80. The van der Waals surface area contributed by atoms with Crippen molar-refractivity contribution in [2.45, 2.75) is 17.9 Å². The van der Waals surface area contributed by atoms with Crippen LogP contribution in [0.5, 0.6) is 0 Å². The Hall–Kier alpha value is -2.13. The minimum Gasteiger partial charge on any atom is -0.398 e. The molecule has 8 nitrogen and oxygen atoms in total. The average Bonchev–Trinajstić information content (AvgIpc) is 2.92. The number of hydrogen-bond acceptors (Lipinski definition) is 6. The summed E-state index contributed by atoms with van der Waals surface area (Å²) in [6.07, 6.45) is 1.42. The van der Waals surface area contributed by atoms with Gasteiger partial charge in [0.15, 0.2) is 0 Å². The van der Waals surface area contributed by atoms with Gasteiger partial charge in [-0.3, -0.25) is 5.10 Å². The van der Waals surface area contributed by atoms with Crippen LogP contribution in [-0.2, 0) is 10.0 Å². The molecule has 1 unspecified atom stereocenters. The fourth-order valence-corrected chi connectivity index (χ4v) is 2.57. The summed E-state index contributed by atoms with van der Waals surface area (Å²) < 4.78 is 25.6. The fraction of sp³-hybridized carbons (Fsp3) is 0.273. The molecular formula is C11H16N6O2S. The van der Waals surface area contributed by atoms with Crippen molar-refractivity contribution in [1.29, 1.82) is 0 Å². The smallest absolute Gasteiger partial charge is 0.242 e. The molecule has 0 radical (unpaired) electrons. The topological polar surface area (TPSA) is 126 Å². The van der Waals surface area contributed by atoms with Gasteiger partial charge in [0.1, 0.15) is 17.0 Å². The van der Waals surface area contributed by atoms with Crippen molar-refractivity contribution in [3.63, 3.8) is 0 Å². The molecule has 0 bridgehead atoms. The molecule has 0 spiro atoms. The first-order chi connectivity index (χ1) is 9.44. The highest BCUT2D eigenvalue weighted by atomic mass is 32.2. The van der Waals surface area contributed by atoms with Gasteiger partial charge in [0.05, 0.1) is 11.7 Å². The van der Waals surface area contributed by atoms with E-state index in [4.69, 9.17) is 5.73 Å². The van der Waals surface area contributed by atoms with E-state index in [1.165, 1.54) is 19.4 Å². The lowest BCUT2D eigenvalue weighted by Gasteiger charge is -2.14. The van der Waals surface area contributed by atoms with Crippen molar-refractivity contribution in [3.8, 4) is 0 Å². The largest absolute Gasteiger partial charge is 0.398 e. The van der Waals surface area contributed by atoms with Crippen molar-refractivity contribution in [3.05, 3.63) is 30.4 Å². The maximum absolute atomic E-state index is 11.7. The molecule has 1 atom stereocenters. The van der Waals surface area contributed by atoms with Gasteiger partial charge in [-0.05, 0) is 32.2 Å². The van der Waals surface area contributed by atoms with Crippen molar-refractivity contribution in [2.24, 2.45) is 0 Å². The van der Waals surface area contributed by atoms with E-state index >= 15 is 0 Å². The number of nitrogens with one attached hydrogen (secondary N) is 3. The highest BCUT2D eigenvalue weighted by molar-refractivity contribution is 7.89. The molecule has 108 valence electrons. The number of benzene rings is 1. The fourth-order valence-electron chi connectivity index (χ4n) is 1.73. The lowest BCUT2D eigenvalue weighted by atomic mass is 10.2. The number of rotatable bonds is 5. The predicted octanol–water partition coefficient (Wildman–Crippen LogP) is 0.468. The van der Waals surface area contributed by atoms with Crippen LogP contribution in [0.1, 0.15) is 18.8 Å². The number of aromatic nitrogens is 3. The molecule has 0 aliphatic carbocycles. The first kappa shape index (κ1) is 14.3. The lowest BCUT2D eigenvalue weighted by molar-refractivity contribution is 0.588. The van der Waals surface area contributed by atoms with Crippen LogP contribution >= 0.6 is 0 Å². The second-order valence-electron chi connectivity index (χ2n) is 4.20. The lowest BCUT2D eigenvalue weighted by Crippen LogP contribution is -2.20. The summed E-state index contributed by atoms with van der Waals surface area (Å²) in [5.74, 6) is 0.676. The Labute approximate surface area is 116 Å². The molecule has 0 aliphatic rings. The van der Waals surface area contributed by atoms with Gasteiger partial charge in [-0.15, -0.1) is 0 Å². The second-order valence-corrected chi connectivity index (χ2v) is 6.05. The summed E-state index contributed by atoms with van der Waals surface area (Å²) in [4.78, 5) is 4.09. The van der Waals surface area contributed by atoms with E-state index in [1.807, 2.05) is 6.92 Å². The van der Waals surface area contributed by atoms with Crippen LogP contribution < -0.4 is 15.8 Å². The van der Waals surface area contributed by atoms with E-state index in [0.29, 0.717) is 11.5 Å². The summed E-state index contributed by atoms with van der Waals surface area (Å²) in [6, 6.07) is 4.56. The molecule has 9 heteroatoms. The predicted molar refractivity (Wildman–Crippen MR) is 75.5 cm³/mol. The van der Waals surface area contributed by atoms with Crippen LogP contribution in [0.15, 0.2) is 29.4 Å². The molecule has 2 aromatic rings. The van der Waals surface area contributed by atoms with Crippen LogP contribution in [0.3, 0.4) is 0 Å². The third kappa shape index (κ3) is 2.89. The molecule has 5 N–H and O–H groups in total. The zero-order valence-corrected chi connectivity index (χ0v) is 11.9. The van der Waals surface area contributed by atoms with Crippen LogP contribution in [0.4, 0.5) is 11.4 Å². The first-order valence-electron chi connectivity index (χ1n) is 5.89. The standard InChI is InChI=1S/C11H16N6O2S/c1-7(11-14-6-15-17-11)16-8-3-4-10(9(12)5-8)20(18,19)13-2/h3-7,13,16H,12H2,1-2H3,(H,14,15,17). The SMILES string of the molecule is CNS(=O)(=O)c1ccc(NC(C)c2ncn[nH]2)cc1N. The summed E-state index contributed by atoms with van der Waals surface area (Å²) in [5, 5.41) is 9.68. The highest BCUT2D eigenvalue weighted by Crippen LogP contribution is 2.24. The molecule has 0 saturated heterocycles. The summed E-state index contributed by atoms with van der Waals surface area (Å²) >= 11 is 0. The van der Waals surface area contributed by atoms with Crippen molar-refractivity contribution in [1.82, 2.24) is 19.9 Å². The Kier molecular flexibility index (Phi) is 3.91. The Balaban J connectivity index is 2.22. The third-order valence-corrected chi connectivity index (χ3v) is 4.28. The Morgan fingerprint density at radius 2 is 2.15 bits per heavy atom. The number of hydrogen-bond donors (Lipinski definition) is 4. The molecule has 1 aromatic heterocycles. The minimum atomic E-state index is -3.55. The molecule has 1 aromatic carbocycles. The van der Waals surface area contributed by atoms with E-state index in [-0.39, 0.29) is 16.6 Å². The number of nitrogens with zero attached hydrogens (tertiary/aromatic N) is 2. The van der Waals surface area contributed by atoms with Gasteiger partial charge < -0.3 is 11.1 Å². The summed E-state index contributed by atoms with van der Waals surface area (Å²) in [6.45, 7) is 1.90. The van der Waals surface area contributed by atoms with Crippen molar-refractivity contribution >= 4 is 21.4 Å². The number of H-pyrrole nitrogens is 1. The van der Waals surface area contributed by atoms with E-state index in [0.717, 1.165) is 0 Å². The molecule has 2 rings (SSSR count). The Morgan fingerprint density at radius 1 is 1.40 bits per heavy atom. The van der Waals surface area contributed by atoms with Gasteiger partial charge in [0.25, 0.3) is 0 Å². The summed E-state index contributed by atoms with van der Waals surface area (Å²) in [7, 11) is -2.21. The van der Waals surface area contributed by atoms with Gasteiger partial charge in [-0.2, -0.15) is 5.10 Å². The quantitative estimate of drug-likeness (QED) is 0.594. The monoisotopic (exact) mass is 296 g/mol. The van der Waals surface area contributed by atoms with Crippen molar-refractivity contribution in [2.75, 3.05) is 18.1 Å². The first-order valence-corrected chi connectivity index (χ1v) is 7.37. The maximum atomic E-state index is 11.7. The Morgan fingerprint density at radius 3 is 2.70 bits per heavy atom. The number of nitrogens with two attached hydrogens (primary N) is 1. The van der Waals surface area contributed by atoms with Crippen LogP contribution in [0.25, 0.3) is 0 Å². The van der Waals surface area contributed by atoms with Crippen LogP contribution in [0, 0.1) is 0 Å². The van der Waals surface area contributed by atoms with Gasteiger partial charge in [-0.25, -0.2) is 18.1 Å². The minimum absolute atomic E-state index is 0.0536. The van der Waals surface area contributed by atoms with Gasteiger partial charge in [-0.1, -0.05) is 0 Å². The van der Waals surface area contributed by atoms with E-state index < -0.39 is 10.0 Å². The second kappa shape index (κ2) is 5.47.